The van der Waals surface area contributed by atoms with Crippen LogP contribution in [-0.4, -0.2) is 29.1 Å². The summed E-state index contributed by atoms with van der Waals surface area (Å²) in [6.07, 6.45) is 2.94. The van der Waals surface area contributed by atoms with Crippen LogP contribution in [0.4, 0.5) is 0 Å². The summed E-state index contributed by atoms with van der Waals surface area (Å²) in [5.41, 5.74) is 4.12. The molecule has 2 heterocycles. The number of nitrogens with one attached hydrogen (secondary N) is 1. The van der Waals surface area contributed by atoms with E-state index >= 15 is 0 Å². The van der Waals surface area contributed by atoms with Gasteiger partial charge in [-0.15, -0.1) is 0 Å². The molecule has 0 saturated carbocycles. The van der Waals surface area contributed by atoms with Crippen LogP contribution in [0.3, 0.4) is 0 Å². The second-order valence-corrected chi connectivity index (χ2v) is 6.56. The molecule has 5 heteroatoms. The van der Waals surface area contributed by atoms with E-state index in [4.69, 9.17) is 4.52 Å². The van der Waals surface area contributed by atoms with Gasteiger partial charge >= 0.3 is 0 Å². The van der Waals surface area contributed by atoms with Crippen LogP contribution >= 0.6 is 0 Å². The second kappa shape index (κ2) is 7.62. The van der Waals surface area contributed by atoms with Gasteiger partial charge in [-0.2, -0.15) is 0 Å². The summed E-state index contributed by atoms with van der Waals surface area (Å²) in [5, 5.41) is 6.85. The van der Waals surface area contributed by atoms with Crippen LogP contribution in [0.25, 0.3) is 0 Å². The zero-order valence-corrected chi connectivity index (χ0v) is 14.5. The van der Waals surface area contributed by atoms with Crippen LogP contribution in [0.2, 0.25) is 0 Å². The first-order valence-corrected chi connectivity index (χ1v) is 8.60. The molecule has 1 fully saturated rings. The number of benzene rings is 1. The predicted octanol–water partition coefficient (Wildman–Crippen LogP) is 2.75. The third-order valence-electron chi connectivity index (χ3n) is 4.64. The summed E-state index contributed by atoms with van der Waals surface area (Å²) < 4.78 is 5.09. The normalized spacial score (nSPS) is 14.9. The van der Waals surface area contributed by atoms with Crippen LogP contribution in [-0.2, 0) is 24.3 Å². The number of carbonyl (C=O) groups excluding carboxylic acids is 1. The number of aryl methyl sites for hydroxylation is 2. The van der Waals surface area contributed by atoms with Crippen molar-refractivity contribution in [2.75, 3.05) is 13.1 Å². The highest BCUT2D eigenvalue weighted by Crippen LogP contribution is 2.14. The highest BCUT2D eigenvalue weighted by atomic mass is 16.5. The van der Waals surface area contributed by atoms with Gasteiger partial charge in [-0.25, -0.2) is 0 Å². The Bertz CT molecular complexity index is 666. The number of nitrogens with zero attached hydrogens (tertiary/aromatic N) is 2. The van der Waals surface area contributed by atoms with Crippen molar-refractivity contribution in [3.8, 4) is 0 Å². The lowest BCUT2D eigenvalue weighted by Gasteiger charge is -2.14. The Balaban J connectivity index is 1.48. The zero-order valence-electron chi connectivity index (χ0n) is 14.5. The molecule has 1 aliphatic rings. The average molecular weight is 327 g/mol. The van der Waals surface area contributed by atoms with Crippen molar-refractivity contribution >= 4 is 5.91 Å². The molecule has 1 saturated heterocycles. The minimum absolute atomic E-state index is 0.00876. The van der Waals surface area contributed by atoms with E-state index in [0.29, 0.717) is 18.7 Å². The lowest BCUT2D eigenvalue weighted by molar-refractivity contribution is -0.120. The first-order chi connectivity index (χ1) is 11.6. The summed E-state index contributed by atoms with van der Waals surface area (Å²) in [7, 11) is 0. The van der Waals surface area contributed by atoms with Gasteiger partial charge in [-0.3, -0.25) is 9.69 Å². The van der Waals surface area contributed by atoms with Gasteiger partial charge < -0.3 is 9.84 Å². The Kier molecular flexibility index (Phi) is 5.30. The van der Waals surface area contributed by atoms with Gasteiger partial charge in [0.2, 0.25) is 5.91 Å². The smallest absolute Gasteiger partial charge is 0.224 e. The van der Waals surface area contributed by atoms with E-state index in [2.05, 4.69) is 39.6 Å². The van der Waals surface area contributed by atoms with Crippen LogP contribution in [0.15, 0.2) is 28.8 Å². The van der Waals surface area contributed by atoms with Gasteiger partial charge in [0, 0.05) is 18.7 Å². The van der Waals surface area contributed by atoms with Gasteiger partial charge in [0.15, 0.2) is 0 Å². The topological polar surface area (TPSA) is 58.4 Å². The largest absolute Gasteiger partial charge is 0.361 e. The summed E-state index contributed by atoms with van der Waals surface area (Å²) in [6.45, 7) is 7.68. The third kappa shape index (κ3) is 4.23. The number of carbonyl (C=O) groups is 1. The van der Waals surface area contributed by atoms with Crippen molar-refractivity contribution in [1.82, 2.24) is 15.4 Å². The zero-order chi connectivity index (χ0) is 16.9. The van der Waals surface area contributed by atoms with E-state index in [1.54, 1.807) is 0 Å². The van der Waals surface area contributed by atoms with Gasteiger partial charge in [0.05, 0.1) is 12.1 Å². The van der Waals surface area contributed by atoms with Gasteiger partial charge in [-0.05, 0) is 50.9 Å². The molecule has 128 valence electrons. The first kappa shape index (κ1) is 16.7. The van der Waals surface area contributed by atoms with Crippen LogP contribution in [0.5, 0.6) is 0 Å². The van der Waals surface area contributed by atoms with Crippen LogP contribution < -0.4 is 5.32 Å². The first-order valence-electron chi connectivity index (χ1n) is 8.60. The minimum atomic E-state index is -0.00876. The van der Waals surface area contributed by atoms with E-state index in [9.17, 15) is 4.79 Å². The van der Waals surface area contributed by atoms with Crippen molar-refractivity contribution in [1.29, 1.82) is 0 Å². The molecule has 0 spiro atoms. The summed E-state index contributed by atoms with van der Waals surface area (Å²) in [4.78, 5) is 14.6. The monoisotopic (exact) mass is 327 g/mol. The average Bonchev–Trinajstić information content (AvgIpc) is 3.19. The summed E-state index contributed by atoms with van der Waals surface area (Å²) in [5.74, 6) is 0.708. The molecule has 0 unspecified atom stereocenters. The maximum absolute atomic E-state index is 12.1. The Morgan fingerprint density at radius 2 is 1.83 bits per heavy atom. The van der Waals surface area contributed by atoms with Crippen molar-refractivity contribution in [2.45, 2.75) is 46.2 Å². The van der Waals surface area contributed by atoms with Crippen molar-refractivity contribution < 1.29 is 9.32 Å². The number of rotatable bonds is 6. The number of amides is 1. The maximum atomic E-state index is 12.1. The quantitative estimate of drug-likeness (QED) is 0.886. The highest BCUT2D eigenvalue weighted by Gasteiger charge is 2.13. The Morgan fingerprint density at radius 3 is 2.46 bits per heavy atom. The maximum Gasteiger partial charge on any atom is 0.224 e. The van der Waals surface area contributed by atoms with Gasteiger partial charge in [0.25, 0.3) is 0 Å². The molecule has 3 rings (SSSR count). The number of aromatic nitrogens is 1. The molecule has 5 nitrogen and oxygen atoms in total. The third-order valence-corrected chi connectivity index (χ3v) is 4.64. The standard InChI is InChI=1S/C19H25N3O2/c1-14-18(15(2)24-21-14)11-19(23)20-12-16-5-7-17(8-6-16)13-22-9-3-4-10-22/h5-8H,3-4,9-13H2,1-2H3,(H,20,23). The SMILES string of the molecule is Cc1noc(C)c1CC(=O)NCc1ccc(CN2CCCC2)cc1. The number of likely N-dealkylation sites (tertiary alicyclic amines) is 1. The minimum Gasteiger partial charge on any atom is -0.361 e. The molecular formula is C19H25N3O2. The fourth-order valence-electron chi connectivity index (χ4n) is 3.14. The van der Waals surface area contributed by atoms with Crippen molar-refractivity contribution in [2.24, 2.45) is 0 Å². The highest BCUT2D eigenvalue weighted by molar-refractivity contribution is 5.78. The lowest BCUT2D eigenvalue weighted by Crippen LogP contribution is -2.25. The summed E-state index contributed by atoms with van der Waals surface area (Å²) >= 11 is 0. The van der Waals surface area contributed by atoms with E-state index in [-0.39, 0.29) is 5.91 Å². The van der Waals surface area contributed by atoms with E-state index < -0.39 is 0 Å². The molecule has 0 radical (unpaired) electrons. The van der Waals surface area contributed by atoms with E-state index in [1.165, 1.54) is 31.5 Å². The number of hydrogen-bond acceptors (Lipinski definition) is 4. The Labute approximate surface area is 143 Å². The Morgan fingerprint density at radius 1 is 1.17 bits per heavy atom. The number of hydrogen-bond donors (Lipinski definition) is 1. The molecular weight excluding hydrogens is 302 g/mol. The van der Waals surface area contributed by atoms with Gasteiger partial charge in [-0.1, -0.05) is 29.4 Å². The van der Waals surface area contributed by atoms with Crippen molar-refractivity contribution in [3.05, 3.63) is 52.4 Å². The lowest BCUT2D eigenvalue weighted by atomic mass is 10.1. The van der Waals surface area contributed by atoms with Crippen LogP contribution in [0.1, 0.15) is 41.0 Å². The summed E-state index contributed by atoms with van der Waals surface area (Å²) in [6, 6.07) is 8.52. The predicted molar refractivity (Wildman–Crippen MR) is 92.5 cm³/mol. The molecule has 1 N–H and O–H groups in total. The van der Waals surface area contributed by atoms with Crippen LogP contribution in [0, 0.1) is 13.8 Å². The van der Waals surface area contributed by atoms with Gasteiger partial charge in [0.1, 0.15) is 5.76 Å². The van der Waals surface area contributed by atoms with Crippen molar-refractivity contribution in [3.63, 3.8) is 0 Å². The fourth-order valence-corrected chi connectivity index (χ4v) is 3.14. The molecule has 0 bridgehead atoms. The molecule has 0 aliphatic carbocycles. The molecule has 0 atom stereocenters. The molecule has 1 aromatic heterocycles. The second-order valence-electron chi connectivity index (χ2n) is 6.56. The molecule has 1 aliphatic heterocycles. The fraction of sp³-hybridized carbons (Fsp3) is 0.474. The van der Waals surface area contributed by atoms with E-state index in [0.717, 1.165) is 23.4 Å². The Hall–Kier alpha value is -2.14. The molecule has 2 aromatic rings. The molecule has 1 aromatic carbocycles. The van der Waals surface area contributed by atoms with E-state index in [1.807, 2.05) is 13.8 Å². The molecule has 24 heavy (non-hydrogen) atoms. The molecule has 1 amide bonds.